The zero-order valence-electron chi connectivity index (χ0n) is 14.8. The summed E-state index contributed by atoms with van der Waals surface area (Å²) in [7, 11) is -4.18. The number of ether oxygens (including phenoxy) is 2. The molecule has 1 aliphatic heterocycles. The van der Waals surface area contributed by atoms with E-state index in [2.05, 4.69) is 0 Å². The second kappa shape index (κ2) is 8.47. The lowest BCUT2D eigenvalue weighted by atomic mass is 10.1. The molecule has 1 heterocycles. The lowest BCUT2D eigenvalue weighted by Crippen LogP contribution is -2.55. The van der Waals surface area contributed by atoms with Gasteiger partial charge in [0.2, 0.25) is 0 Å². The molecule has 0 radical (unpaired) electrons. The first-order valence-corrected chi connectivity index (χ1v) is 9.91. The fourth-order valence-electron chi connectivity index (χ4n) is 2.67. The summed E-state index contributed by atoms with van der Waals surface area (Å²) in [5.74, 6) is 0. The predicted molar refractivity (Wildman–Crippen MR) is 96.2 cm³/mol. The van der Waals surface area contributed by atoms with Crippen LogP contribution in [0.15, 0.2) is 59.5 Å². The van der Waals surface area contributed by atoms with E-state index in [0.29, 0.717) is 0 Å². The maximum atomic E-state index is 12.6. The molecule has 0 spiro atoms. The maximum Gasteiger partial charge on any atom is 0.297 e. The van der Waals surface area contributed by atoms with Crippen LogP contribution in [0.3, 0.4) is 0 Å². The summed E-state index contributed by atoms with van der Waals surface area (Å²) in [6.07, 6.45) is -5.30. The molecular weight excluding hydrogens is 372 g/mol. The van der Waals surface area contributed by atoms with Crippen molar-refractivity contribution in [2.45, 2.75) is 43.0 Å². The van der Waals surface area contributed by atoms with Crippen LogP contribution in [0.5, 0.6) is 0 Å². The summed E-state index contributed by atoms with van der Waals surface area (Å²) in [6, 6.07) is 15.3. The van der Waals surface area contributed by atoms with Crippen LogP contribution in [0.2, 0.25) is 0 Å². The summed E-state index contributed by atoms with van der Waals surface area (Å²) in [5, 5.41) is 20.1. The SMILES string of the molecule is Cc1ccc(S(=O)(=O)O[C@@H]2[C@@H](OCc3ccccc3)OC[C@H](O)[C@H]2O)cc1. The topological polar surface area (TPSA) is 102 Å². The number of hydrogen-bond acceptors (Lipinski definition) is 7. The van der Waals surface area contributed by atoms with Crippen molar-refractivity contribution < 1.29 is 32.3 Å². The molecule has 1 aliphatic rings. The molecule has 3 rings (SSSR count). The number of aliphatic hydroxyl groups is 2. The molecule has 8 heteroatoms. The molecule has 0 aromatic heterocycles. The van der Waals surface area contributed by atoms with E-state index in [9.17, 15) is 18.6 Å². The Morgan fingerprint density at radius 2 is 1.74 bits per heavy atom. The van der Waals surface area contributed by atoms with Crippen molar-refractivity contribution in [3.05, 3.63) is 65.7 Å². The zero-order valence-corrected chi connectivity index (χ0v) is 15.6. The van der Waals surface area contributed by atoms with Gasteiger partial charge in [-0.15, -0.1) is 0 Å². The maximum absolute atomic E-state index is 12.6. The fraction of sp³-hybridized carbons (Fsp3) is 0.368. The minimum Gasteiger partial charge on any atom is -0.388 e. The average Bonchev–Trinajstić information content (AvgIpc) is 2.66. The van der Waals surface area contributed by atoms with Gasteiger partial charge in [0.25, 0.3) is 10.1 Å². The van der Waals surface area contributed by atoms with E-state index in [1.807, 2.05) is 37.3 Å². The van der Waals surface area contributed by atoms with Crippen molar-refractivity contribution in [3.63, 3.8) is 0 Å². The lowest BCUT2D eigenvalue weighted by molar-refractivity contribution is -0.266. The standard InChI is InChI=1S/C19H22O7S/c1-13-7-9-15(10-8-13)27(22,23)26-18-17(21)16(20)12-25-19(18)24-11-14-5-3-2-4-6-14/h2-10,16-21H,11-12H2,1H3/t16-,17+,18-,19-/m0/s1. The molecule has 146 valence electrons. The highest BCUT2D eigenvalue weighted by Gasteiger charge is 2.43. The third kappa shape index (κ3) is 4.92. The van der Waals surface area contributed by atoms with Crippen LogP contribution in [-0.4, -0.2) is 49.8 Å². The molecule has 0 bridgehead atoms. The molecular formula is C19H22O7S. The molecule has 1 saturated heterocycles. The van der Waals surface area contributed by atoms with Crippen molar-refractivity contribution in [1.29, 1.82) is 0 Å². The van der Waals surface area contributed by atoms with Crippen LogP contribution < -0.4 is 0 Å². The Kier molecular flexibility index (Phi) is 6.25. The van der Waals surface area contributed by atoms with Crippen molar-refractivity contribution in [2.24, 2.45) is 0 Å². The monoisotopic (exact) mass is 394 g/mol. The molecule has 0 amide bonds. The van der Waals surface area contributed by atoms with Crippen LogP contribution in [0.1, 0.15) is 11.1 Å². The van der Waals surface area contributed by atoms with Gasteiger partial charge in [-0.05, 0) is 24.6 Å². The molecule has 2 N–H and O–H groups in total. The van der Waals surface area contributed by atoms with Gasteiger partial charge in [-0.25, -0.2) is 0 Å². The van der Waals surface area contributed by atoms with Crippen molar-refractivity contribution in [2.75, 3.05) is 6.61 Å². The van der Waals surface area contributed by atoms with E-state index >= 15 is 0 Å². The van der Waals surface area contributed by atoms with E-state index in [4.69, 9.17) is 13.7 Å². The van der Waals surface area contributed by atoms with Crippen LogP contribution in [0, 0.1) is 6.92 Å². The molecule has 0 saturated carbocycles. The average molecular weight is 394 g/mol. The summed E-state index contributed by atoms with van der Waals surface area (Å²) in [4.78, 5) is -0.0535. The van der Waals surface area contributed by atoms with Crippen molar-refractivity contribution in [1.82, 2.24) is 0 Å². The second-order valence-corrected chi connectivity index (χ2v) is 7.96. The van der Waals surface area contributed by atoms with E-state index in [-0.39, 0.29) is 18.1 Å². The summed E-state index contributed by atoms with van der Waals surface area (Å²) >= 11 is 0. The van der Waals surface area contributed by atoms with E-state index in [1.54, 1.807) is 12.1 Å². The van der Waals surface area contributed by atoms with Crippen molar-refractivity contribution in [3.8, 4) is 0 Å². The first-order chi connectivity index (χ1) is 12.9. The Balaban J connectivity index is 1.76. The van der Waals surface area contributed by atoms with Gasteiger partial charge >= 0.3 is 0 Å². The normalized spacial score (nSPS) is 26.0. The molecule has 2 aromatic carbocycles. The van der Waals surface area contributed by atoms with Gasteiger partial charge in [-0.2, -0.15) is 8.42 Å². The second-order valence-electron chi connectivity index (χ2n) is 6.38. The fourth-order valence-corrected chi connectivity index (χ4v) is 3.75. The summed E-state index contributed by atoms with van der Waals surface area (Å²) in [6.45, 7) is 1.78. The van der Waals surface area contributed by atoms with Gasteiger partial charge in [-0.1, -0.05) is 48.0 Å². The number of aliphatic hydroxyl groups excluding tert-OH is 2. The molecule has 0 unspecified atom stereocenters. The highest BCUT2D eigenvalue weighted by atomic mass is 32.2. The van der Waals surface area contributed by atoms with Gasteiger partial charge in [0.15, 0.2) is 12.4 Å². The number of benzene rings is 2. The molecule has 27 heavy (non-hydrogen) atoms. The number of aryl methyl sites for hydroxylation is 1. The van der Waals surface area contributed by atoms with Crippen LogP contribution in [0.4, 0.5) is 0 Å². The highest BCUT2D eigenvalue weighted by molar-refractivity contribution is 7.86. The Morgan fingerprint density at radius 1 is 1.07 bits per heavy atom. The third-order valence-electron chi connectivity index (χ3n) is 4.23. The Labute approximate surface area is 158 Å². The molecule has 2 aromatic rings. The lowest BCUT2D eigenvalue weighted by Gasteiger charge is -2.37. The van der Waals surface area contributed by atoms with Gasteiger partial charge in [0, 0.05) is 0 Å². The minimum atomic E-state index is -4.18. The Bertz CT molecular complexity index is 836. The van der Waals surface area contributed by atoms with Gasteiger partial charge in [-0.3, -0.25) is 4.18 Å². The zero-order chi connectivity index (χ0) is 19.4. The number of hydrogen-bond donors (Lipinski definition) is 2. The van der Waals surface area contributed by atoms with E-state index in [0.717, 1.165) is 11.1 Å². The smallest absolute Gasteiger partial charge is 0.297 e. The largest absolute Gasteiger partial charge is 0.388 e. The summed E-state index contributed by atoms with van der Waals surface area (Å²) < 4.78 is 41.3. The molecule has 7 nitrogen and oxygen atoms in total. The van der Waals surface area contributed by atoms with Crippen molar-refractivity contribution >= 4 is 10.1 Å². The van der Waals surface area contributed by atoms with Gasteiger partial charge in [0.05, 0.1) is 18.1 Å². The molecule has 0 aliphatic carbocycles. The third-order valence-corrected chi connectivity index (χ3v) is 5.56. The Morgan fingerprint density at radius 3 is 2.41 bits per heavy atom. The first kappa shape index (κ1) is 19.9. The molecule has 1 fully saturated rings. The Hall–Kier alpha value is -1.81. The first-order valence-electron chi connectivity index (χ1n) is 8.50. The van der Waals surface area contributed by atoms with Gasteiger partial charge in [0.1, 0.15) is 12.2 Å². The highest BCUT2D eigenvalue weighted by Crippen LogP contribution is 2.25. The quantitative estimate of drug-likeness (QED) is 0.713. The number of rotatable bonds is 6. The predicted octanol–water partition coefficient (Wildman–Crippen LogP) is 1.36. The van der Waals surface area contributed by atoms with E-state index < -0.39 is 34.7 Å². The minimum absolute atomic E-state index is 0.0535. The van der Waals surface area contributed by atoms with Crippen LogP contribution >= 0.6 is 0 Å². The molecule has 4 atom stereocenters. The van der Waals surface area contributed by atoms with Crippen LogP contribution in [0.25, 0.3) is 0 Å². The van der Waals surface area contributed by atoms with Crippen LogP contribution in [-0.2, 0) is 30.4 Å². The van der Waals surface area contributed by atoms with Gasteiger partial charge < -0.3 is 19.7 Å². The van der Waals surface area contributed by atoms with E-state index in [1.165, 1.54) is 12.1 Å². The summed E-state index contributed by atoms with van der Waals surface area (Å²) in [5.41, 5.74) is 1.75.